The first kappa shape index (κ1) is 18.8. The van der Waals surface area contributed by atoms with E-state index in [2.05, 4.69) is 10.6 Å². The summed E-state index contributed by atoms with van der Waals surface area (Å²) in [4.78, 5) is 35.9. The first-order chi connectivity index (χ1) is 12.0. The molecule has 1 aromatic rings. The number of methoxy groups -OCH3 is 1. The zero-order valence-corrected chi connectivity index (χ0v) is 14.5. The van der Waals surface area contributed by atoms with Gasteiger partial charge in [0, 0.05) is 6.04 Å². The number of imide groups is 1. The normalized spacial score (nSPS) is 15.8. The molecule has 1 fully saturated rings. The summed E-state index contributed by atoms with van der Waals surface area (Å²) >= 11 is 0. The van der Waals surface area contributed by atoms with Crippen LogP contribution >= 0.6 is 0 Å². The van der Waals surface area contributed by atoms with E-state index in [1.54, 1.807) is 24.3 Å². The quantitative estimate of drug-likeness (QED) is 0.797. The molecule has 25 heavy (non-hydrogen) atoms. The largest absolute Gasteiger partial charge is 0.497 e. The molecule has 1 saturated carbocycles. The summed E-state index contributed by atoms with van der Waals surface area (Å²) in [7, 11) is 1.53. The highest BCUT2D eigenvalue weighted by Crippen LogP contribution is 2.17. The maximum atomic E-state index is 12.0. The number of esters is 1. The number of hydrogen-bond acceptors (Lipinski definition) is 5. The molecular formula is C18H24N2O5. The SMILES string of the molecule is COc1ccc(C(=O)O[C@@H](C)C(=O)NC(=O)NC2CCCCC2)cc1. The predicted octanol–water partition coefficient (Wildman–Crippen LogP) is 2.40. The number of carbonyl (C=O) groups excluding carboxylic acids is 3. The fourth-order valence-electron chi connectivity index (χ4n) is 2.69. The second-order valence-corrected chi connectivity index (χ2v) is 6.07. The van der Waals surface area contributed by atoms with E-state index in [0.29, 0.717) is 11.3 Å². The van der Waals surface area contributed by atoms with Crippen LogP contribution < -0.4 is 15.4 Å². The number of carbonyl (C=O) groups is 3. The van der Waals surface area contributed by atoms with Gasteiger partial charge in [0.25, 0.3) is 5.91 Å². The van der Waals surface area contributed by atoms with Crippen molar-refractivity contribution in [1.82, 2.24) is 10.6 Å². The molecule has 0 heterocycles. The number of amides is 3. The van der Waals surface area contributed by atoms with E-state index in [4.69, 9.17) is 9.47 Å². The van der Waals surface area contributed by atoms with Gasteiger partial charge in [-0.1, -0.05) is 19.3 Å². The minimum atomic E-state index is -1.08. The van der Waals surface area contributed by atoms with Crippen molar-refractivity contribution in [3.05, 3.63) is 29.8 Å². The van der Waals surface area contributed by atoms with Crippen molar-refractivity contribution in [2.75, 3.05) is 7.11 Å². The first-order valence-corrected chi connectivity index (χ1v) is 8.46. The zero-order chi connectivity index (χ0) is 18.2. The van der Waals surface area contributed by atoms with Gasteiger partial charge in [-0.15, -0.1) is 0 Å². The van der Waals surface area contributed by atoms with E-state index >= 15 is 0 Å². The zero-order valence-electron chi connectivity index (χ0n) is 14.5. The van der Waals surface area contributed by atoms with Crippen molar-refractivity contribution in [2.45, 2.75) is 51.2 Å². The maximum absolute atomic E-state index is 12.0. The van der Waals surface area contributed by atoms with E-state index in [1.165, 1.54) is 20.5 Å². The Labute approximate surface area is 147 Å². The lowest BCUT2D eigenvalue weighted by atomic mass is 9.96. The van der Waals surface area contributed by atoms with E-state index < -0.39 is 24.0 Å². The molecule has 0 bridgehead atoms. The Morgan fingerprint density at radius 3 is 2.32 bits per heavy atom. The lowest BCUT2D eigenvalue weighted by Gasteiger charge is -2.23. The van der Waals surface area contributed by atoms with Crippen LogP contribution in [0, 0.1) is 0 Å². The van der Waals surface area contributed by atoms with Crippen LogP contribution in [0.4, 0.5) is 4.79 Å². The molecule has 0 spiro atoms. The van der Waals surface area contributed by atoms with Crippen molar-refractivity contribution in [3.63, 3.8) is 0 Å². The molecule has 2 rings (SSSR count). The molecule has 1 aliphatic rings. The molecule has 2 N–H and O–H groups in total. The highest BCUT2D eigenvalue weighted by Gasteiger charge is 2.22. The number of nitrogens with one attached hydrogen (secondary N) is 2. The summed E-state index contributed by atoms with van der Waals surface area (Å²) < 4.78 is 10.1. The minimum Gasteiger partial charge on any atom is -0.497 e. The predicted molar refractivity (Wildman–Crippen MR) is 91.4 cm³/mol. The van der Waals surface area contributed by atoms with Gasteiger partial charge < -0.3 is 14.8 Å². The lowest BCUT2D eigenvalue weighted by molar-refractivity contribution is -0.127. The second-order valence-electron chi connectivity index (χ2n) is 6.07. The number of ether oxygens (including phenoxy) is 2. The van der Waals surface area contributed by atoms with Crippen molar-refractivity contribution < 1.29 is 23.9 Å². The molecule has 1 aliphatic carbocycles. The van der Waals surface area contributed by atoms with Crippen LogP contribution in [0.3, 0.4) is 0 Å². The van der Waals surface area contributed by atoms with Gasteiger partial charge in [-0.3, -0.25) is 10.1 Å². The van der Waals surface area contributed by atoms with Crippen molar-refractivity contribution >= 4 is 17.9 Å². The molecule has 1 atom stereocenters. The third-order valence-electron chi connectivity index (χ3n) is 4.16. The second kappa shape index (κ2) is 9.05. The Balaban J connectivity index is 1.80. The first-order valence-electron chi connectivity index (χ1n) is 8.46. The van der Waals surface area contributed by atoms with Gasteiger partial charge in [0.15, 0.2) is 6.10 Å². The van der Waals surface area contributed by atoms with Crippen LogP contribution in [-0.4, -0.2) is 37.2 Å². The highest BCUT2D eigenvalue weighted by atomic mass is 16.5. The molecule has 7 heteroatoms. The molecule has 7 nitrogen and oxygen atoms in total. The van der Waals surface area contributed by atoms with Gasteiger partial charge in [-0.2, -0.15) is 0 Å². The van der Waals surface area contributed by atoms with Gasteiger partial charge in [0.1, 0.15) is 5.75 Å². The molecule has 0 saturated heterocycles. The lowest BCUT2D eigenvalue weighted by Crippen LogP contribution is -2.48. The molecular weight excluding hydrogens is 324 g/mol. The van der Waals surface area contributed by atoms with Crippen LogP contribution in [0.25, 0.3) is 0 Å². The van der Waals surface area contributed by atoms with Crippen LogP contribution in [-0.2, 0) is 9.53 Å². The average molecular weight is 348 g/mol. The summed E-state index contributed by atoms with van der Waals surface area (Å²) in [6.07, 6.45) is 4.10. The van der Waals surface area contributed by atoms with Crippen molar-refractivity contribution in [1.29, 1.82) is 0 Å². The summed E-state index contributed by atoms with van der Waals surface area (Å²) in [5.74, 6) is -0.685. The maximum Gasteiger partial charge on any atom is 0.338 e. The number of urea groups is 1. The molecule has 1 aromatic carbocycles. The Bertz CT molecular complexity index is 608. The van der Waals surface area contributed by atoms with Crippen LogP contribution in [0.1, 0.15) is 49.4 Å². The van der Waals surface area contributed by atoms with Gasteiger partial charge >= 0.3 is 12.0 Å². The van der Waals surface area contributed by atoms with Gasteiger partial charge in [0.2, 0.25) is 0 Å². The molecule has 0 radical (unpaired) electrons. The highest BCUT2D eigenvalue weighted by molar-refractivity contribution is 5.98. The van der Waals surface area contributed by atoms with E-state index in [1.807, 2.05) is 0 Å². The smallest absolute Gasteiger partial charge is 0.338 e. The molecule has 0 unspecified atom stereocenters. The van der Waals surface area contributed by atoms with Gasteiger partial charge in [-0.05, 0) is 44.0 Å². The Kier molecular flexibility index (Phi) is 6.80. The molecule has 3 amide bonds. The fourth-order valence-corrected chi connectivity index (χ4v) is 2.69. The summed E-state index contributed by atoms with van der Waals surface area (Å²) in [5, 5.41) is 4.99. The van der Waals surface area contributed by atoms with Crippen LogP contribution in [0.15, 0.2) is 24.3 Å². The Hall–Kier alpha value is -2.57. The average Bonchev–Trinajstić information content (AvgIpc) is 2.62. The summed E-state index contributed by atoms with van der Waals surface area (Å²) in [6.45, 7) is 1.42. The van der Waals surface area contributed by atoms with Crippen LogP contribution in [0.2, 0.25) is 0 Å². The van der Waals surface area contributed by atoms with Crippen molar-refractivity contribution in [2.24, 2.45) is 0 Å². The van der Waals surface area contributed by atoms with Crippen LogP contribution in [0.5, 0.6) is 5.75 Å². The topological polar surface area (TPSA) is 93.7 Å². The summed E-state index contributed by atoms with van der Waals surface area (Å²) in [5.41, 5.74) is 0.298. The molecule has 0 aromatic heterocycles. The standard InChI is InChI=1S/C18H24N2O5/c1-12(25-17(22)13-8-10-15(24-2)11-9-13)16(21)20-18(23)19-14-6-4-3-5-7-14/h8-12,14H,3-7H2,1-2H3,(H2,19,20,21,23)/t12-/m0/s1. The van der Waals surface area contributed by atoms with Crippen molar-refractivity contribution in [3.8, 4) is 5.75 Å². The van der Waals surface area contributed by atoms with E-state index in [-0.39, 0.29) is 6.04 Å². The van der Waals surface area contributed by atoms with E-state index in [0.717, 1.165) is 25.7 Å². The molecule has 136 valence electrons. The number of benzene rings is 1. The third-order valence-corrected chi connectivity index (χ3v) is 4.16. The number of hydrogen-bond donors (Lipinski definition) is 2. The Morgan fingerprint density at radius 2 is 1.72 bits per heavy atom. The number of rotatable bonds is 5. The Morgan fingerprint density at radius 1 is 1.08 bits per heavy atom. The third kappa shape index (κ3) is 5.77. The van der Waals surface area contributed by atoms with Gasteiger partial charge in [0.05, 0.1) is 12.7 Å². The van der Waals surface area contributed by atoms with E-state index in [9.17, 15) is 14.4 Å². The summed E-state index contributed by atoms with van der Waals surface area (Å²) in [6, 6.07) is 5.88. The minimum absolute atomic E-state index is 0.0960. The van der Waals surface area contributed by atoms with Gasteiger partial charge in [-0.25, -0.2) is 9.59 Å². The fraction of sp³-hybridized carbons (Fsp3) is 0.500. The monoisotopic (exact) mass is 348 g/mol. The molecule has 0 aliphatic heterocycles.